The molecule has 21 heavy (non-hydrogen) atoms. The van der Waals surface area contributed by atoms with Gasteiger partial charge in [0.2, 0.25) is 0 Å². The van der Waals surface area contributed by atoms with E-state index in [2.05, 4.69) is 10.2 Å². The van der Waals surface area contributed by atoms with E-state index >= 15 is 0 Å². The van der Waals surface area contributed by atoms with E-state index in [4.69, 9.17) is 14.2 Å². The Bertz CT molecular complexity index is 447. The van der Waals surface area contributed by atoms with E-state index in [1.54, 1.807) is 19.2 Å². The number of benzene rings is 1. The third-order valence-electron chi connectivity index (χ3n) is 3.28. The Morgan fingerprint density at radius 1 is 1.29 bits per heavy atom. The lowest BCUT2D eigenvalue weighted by atomic mass is 10.3. The minimum atomic E-state index is -0.130. The normalized spacial score (nSPS) is 15.5. The molecule has 0 aliphatic carbocycles. The first-order valence-corrected chi connectivity index (χ1v) is 7.12. The molecule has 1 aromatic carbocycles. The van der Waals surface area contributed by atoms with Gasteiger partial charge in [-0.1, -0.05) is 12.1 Å². The molecule has 0 bridgehead atoms. The van der Waals surface area contributed by atoms with E-state index in [-0.39, 0.29) is 12.5 Å². The van der Waals surface area contributed by atoms with Crippen LogP contribution < -0.4 is 14.8 Å². The molecule has 1 fully saturated rings. The third kappa shape index (κ3) is 5.24. The highest BCUT2D eigenvalue weighted by Gasteiger charge is 2.10. The van der Waals surface area contributed by atoms with Gasteiger partial charge in [0, 0.05) is 26.2 Å². The summed E-state index contributed by atoms with van der Waals surface area (Å²) < 4.78 is 15.9. The molecule has 1 aromatic rings. The van der Waals surface area contributed by atoms with Crippen LogP contribution in [0.3, 0.4) is 0 Å². The number of nitrogens with one attached hydrogen (secondary N) is 1. The minimum Gasteiger partial charge on any atom is -0.493 e. The fourth-order valence-corrected chi connectivity index (χ4v) is 2.11. The molecule has 0 spiro atoms. The van der Waals surface area contributed by atoms with Gasteiger partial charge in [-0.2, -0.15) is 0 Å². The minimum absolute atomic E-state index is 0.0104. The maximum absolute atomic E-state index is 11.7. The van der Waals surface area contributed by atoms with Crippen LogP contribution in [0, 0.1) is 0 Å². The highest BCUT2D eigenvalue weighted by atomic mass is 16.5. The van der Waals surface area contributed by atoms with Gasteiger partial charge in [-0.15, -0.1) is 0 Å². The number of hydrogen-bond donors (Lipinski definition) is 1. The SMILES string of the molecule is COc1ccccc1OCC(=O)NCCN1CCOCC1. The van der Waals surface area contributed by atoms with Crippen molar-refractivity contribution in [3.63, 3.8) is 0 Å². The first-order chi connectivity index (χ1) is 10.3. The number of carbonyl (C=O) groups excluding carboxylic acids is 1. The van der Waals surface area contributed by atoms with Gasteiger partial charge in [-0.05, 0) is 12.1 Å². The zero-order chi connectivity index (χ0) is 14.9. The molecule has 1 N–H and O–H groups in total. The van der Waals surface area contributed by atoms with Crippen LogP contribution >= 0.6 is 0 Å². The van der Waals surface area contributed by atoms with Crippen LogP contribution in [0.4, 0.5) is 0 Å². The Morgan fingerprint density at radius 3 is 2.71 bits per heavy atom. The van der Waals surface area contributed by atoms with Gasteiger partial charge in [-0.3, -0.25) is 9.69 Å². The number of rotatable bonds is 7. The van der Waals surface area contributed by atoms with E-state index in [1.165, 1.54) is 0 Å². The molecule has 6 nitrogen and oxygen atoms in total. The van der Waals surface area contributed by atoms with Crippen molar-refractivity contribution >= 4 is 5.91 Å². The van der Waals surface area contributed by atoms with Crippen molar-refractivity contribution in [1.82, 2.24) is 10.2 Å². The predicted molar refractivity (Wildman–Crippen MR) is 78.8 cm³/mol. The molecule has 0 aromatic heterocycles. The summed E-state index contributed by atoms with van der Waals surface area (Å²) in [6.07, 6.45) is 0. The average molecular weight is 294 g/mol. The van der Waals surface area contributed by atoms with Crippen molar-refractivity contribution in [2.45, 2.75) is 0 Å². The summed E-state index contributed by atoms with van der Waals surface area (Å²) >= 11 is 0. The number of para-hydroxylation sites is 2. The first kappa shape index (κ1) is 15.6. The Balaban J connectivity index is 1.65. The Hall–Kier alpha value is -1.79. The molecule has 6 heteroatoms. The number of nitrogens with zero attached hydrogens (tertiary/aromatic N) is 1. The highest BCUT2D eigenvalue weighted by Crippen LogP contribution is 2.25. The van der Waals surface area contributed by atoms with E-state index in [0.717, 1.165) is 32.8 Å². The fourth-order valence-electron chi connectivity index (χ4n) is 2.11. The van der Waals surface area contributed by atoms with E-state index in [9.17, 15) is 4.79 Å². The van der Waals surface area contributed by atoms with Crippen LogP contribution in [0.15, 0.2) is 24.3 Å². The summed E-state index contributed by atoms with van der Waals surface area (Å²) in [5.41, 5.74) is 0. The van der Waals surface area contributed by atoms with Gasteiger partial charge in [-0.25, -0.2) is 0 Å². The van der Waals surface area contributed by atoms with Gasteiger partial charge >= 0.3 is 0 Å². The molecular formula is C15H22N2O4. The molecule has 0 saturated carbocycles. The third-order valence-corrected chi connectivity index (χ3v) is 3.28. The zero-order valence-electron chi connectivity index (χ0n) is 12.3. The van der Waals surface area contributed by atoms with Gasteiger partial charge in [0.25, 0.3) is 5.91 Å². The fraction of sp³-hybridized carbons (Fsp3) is 0.533. The largest absolute Gasteiger partial charge is 0.493 e. The van der Waals surface area contributed by atoms with E-state index in [1.807, 2.05) is 12.1 Å². The lowest BCUT2D eigenvalue weighted by Crippen LogP contribution is -2.42. The molecular weight excluding hydrogens is 272 g/mol. The Morgan fingerprint density at radius 2 is 2.00 bits per heavy atom. The monoisotopic (exact) mass is 294 g/mol. The quantitative estimate of drug-likeness (QED) is 0.794. The van der Waals surface area contributed by atoms with Crippen LogP contribution in [0.25, 0.3) is 0 Å². The first-order valence-electron chi connectivity index (χ1n) is 7.12. The lowest BCUT2D eigenvalue weighted by Gasteiger charge is -2.26. The Labute approximate surface area is 125 Å². The number of morpholine rings is 1. The molecule has 1 saturated heterocycles. The summed E-state index contributed by atoms with van der Waals surface area (Å²) in [6, 6.07) is 7.27. The molecule has 1 aliphatic rings. The maximum Gasteiger partial charge on any atom is 0.257 e. The maximum atomic E-state index is 11.7. The molecule has 1 heterocycles. The number of carbonyl (C=O) groups is 1. The van der Waals surface area contributed by atoms with E-state index in [0.29, 0.717) is 18.0 Å². The summed E-state index contributed by atoms with van der Waals surface area (Å²) in [7, 11) is 1.57. The zero-order valence-corrected chi connectivity index (χ0v) is 12.3. The summed E-state index contributed by atoms with van der Waals surface area (Å²) in [5, 5.41) is 2.85. The van der Waals surface area contributed by atoms with Crippen LogP contribution in [-0.4, -0.2) is 63.9 Å². The smallest absolute Gasteiger partial charge is 0.257 e. The van der Waals surface area contributed by atoms with Crippen molar-refractivity contribution in [3.8, 4) is 11.5 Å². The van der Waals surface area contributed by atoms with Gasteiger partial charge in [0.15, 0.2) is 18.1 Å². The van der Waals surface area contributed by atoms with Gasteiger partial charge < -0.3 is 19.5 Å². The average Bonchev–Trinajstić information content (AvgIpc) is 2.54. The number of methoxy groups -OCH3 is 1. The Kier molecular flexibility index (Phi) is 6.30. The number of ether oxygens (including phenoxy) is 3. The van der Waals surface area contributed by atoms with Gasteiger partial charge in [0.1, 0.15) is 0 Å². The van der Waals surface area contributed by atoms with Crippen molar-refractivity contribution in [1.29, 1.82) is 0 Å². The van der Waals surface area contributed by atoms with Crippen LogP contribution in [0.2, 0.25) is 0 Å². The van der Waals surface area contributed by atoms with Gasteiger partial charge in [0.05, 0.1) is 20.3 Å². The summed E-state index contributed by atoms with van der Waals surface area (Å²) in [5.74, 6) is 1.07. The number of amides is 1. The predicted octanol–water partition coefficient (Wildman–Crippen LogP) is 0.522. The topological polar surface area (TPSA) is 60.0 Å². The summed E-state index contributed by atoms with van der Waals surface area (Å²) in [6.45, 7) is 4.83. The highest BCUT2D eigenvalue weighted by molar-refractivity contribution is 5.77. The molecule has 0 atom stereocenters. The molecule has 1 amide bonds. The van der Waals surface area contributed by atoms with Crippen LogP contribution in [-0.2, 0) is 9.53 Å². The second-order valence-corrected chi connectivity index (χ2v) is 4.74. The molecule has 0 unspecified atom stereocenters. The van der Waals surface area contributed by atoms with Crippen molar-refractivity contribution in [2.75, 3.05) is 53.1 Å². The van der Waals surface area contributed by atoms with Crippen molar-refractivity contribution in [3.05, 3.63) is 24.3 Å². The van der Waals surface area contributed by atoms with Crippen LogP contribution in [0.5, 0.6) is 11.5 Å². The summed E-state index contributed by atoms with van der Waals surface area (Å²) in [4.78, 5) is 14.0. The molecule has 1 aliphatic heterocycles. The molecule has 116 valence electrons. The standard InChI is InChI=1S/C15H22N2O4/c1-19-13-4-2-3-5-14(13)21-12-15(18)16-6-7-17-8-10-20-11-9-17/h2-5H,6-12H2,1H3,(H,16,18). The molecule has 2 rings (SSSR count). The molecule has 0 radical (unpaired) electrons. The second-order valence-electron chi connectivity index (χ2n) is 4.74. The second kappa shape index (κ2) is 8.49. The lowest BCUT2D eigenvalue weighted by molar-refractivity contribution is -0.123. The van der Waals surface area contributed by atoms with Crippen LogP contribution in [0.1, 0.15) is 0 Å². The van der Waals surface area contributed by atoms with Crippen molar-refractivity contribution in [2.24, 2.45) is 0 Å². The van der Waals surface area contributed by atoms with Crippen molar-refractivity contribution < 1.29 is 19.0 Å². The number of hydrogen-bond acceptors (Lipinski definition) is 5. The van der Waals surface area contributed by atoms with E-state index < -0.39 is 0 Å².